The molecule has 2 nitrogen and oxygen atoms in total. The third kappa shape index (κ3) is 2.36. The van der Waals surface area contributed by atoms with Crippen LogP contribution in [0.25, 0.3) is 0 Å². The van der Waals surface area contributed by atoms with Gasteiger partial charge in [0.1, 0.15) is 0 Å². The van der Waals surface area contributed by atoms with Gasteiger partial charge in [0.2, 0.25) is 0 Å². The molecular formula is C13H19NOS. The minimum atomic E-state index is -0.388. The maximum atomic E-state index is 10.4. The van der Waals surface area contributed by atoms with Crippen molar-refractivity contribution < 1.29 is 5.11 Å². The van der Waals surface area contributed by atoms with Crippen LogP contribution in [0.1, 0.15) is 30.1 Å². The van der Waals surface area contributed by atoms with E-state index in [9.17, 15) is 5.11 Å². The third-order valence-corrected chi connectivity index (χ3v) is 4.44. The van der Waals surface area contributed by atoms with Gasteiger partial charge in [-0.05, 0) is 42.8 Å². The summed E-state index contributed by atoms with van der Waals surface area (Å²) >= 11 is 1.98. The van der Waals surface area contributed by atoms with Gasteiger partial charge in [0.15, 0.2) is 0 Å². The summed E-state index contributed by atoms with van der Waals surface area (Å²) in [6.45, 7) is 1.99. The molecular weight excluding hydrogens is 218 g/mol. The molecule has 1 atom stereocenters. The molecule has 1 aromatic carbocycles. The number of anilines is 1. The molecule has 0 radical (unpaired) electrons. The van der Waals surface area contributed by atoms with Crippen LogP contribution in [-0.4, -0.2) is 16.6 Å². The minimum absolute atomic E-state index is 0.380. The van der Waals surface area contributed by atoms with Crippen LogP contribution in [0.15, 0.2) is 18.2 Å². The number of nitrogens with two attached hydrogens (primary N) is 1. The van der Waals surface area contributed by atoms with Crippen molar-refractivity contribution in [1.82, 2.24) is 0 Å². The molecule has 2 rings (SSSR count). The number of aliphatic hydroxyl groups excluding tert-OH is 1. The number of hydrogen-bond acceptors (Lipinski definition) is 3. The molecule has 1 saturated heterocycles. The maximum Gasteiger partial charge on any atom is 0.0838 e. The van der Waals surface area contributed by atoms with Gasteiger partial charge in [0.05, 0.1) is 6.10 Å². The highest BCUT2D eigenvalue weighted by molar-refractivity contribution is 7.99. The summed E-state index contributed by atoms with van der Waals surface area (Å²) in [6, 6.07) is 5.92. The summed E-state index contributed by atoms with van der Waals surface area (Å²) in [6.07, 6.45) is 1.80. The summed E-state index contributed by atoms with van der Waals surface area (Å²) in [5.41, 5.74) is 8.75. The number of aryl methyl sites for hydroxylation is 1. The second kappa shape index (κ2) is 5.11. The molecule has 1 fully saturated rings. The number of hydrogen-bond donors (Lipinski definition) is 2. The molecule has 3 heteroatoms. The first kappa shape index (κ1) is 11.8. The van der Waals surface area contributed by atoms with E-state index in [2.05, 4.69) is 0 Å². The van der Waals surface area contributed by atoms with Crippen molar-refractivity contribution in [3.8, 4) is 0 Å². The van der Waals surface area contributed by atoms with Crippen LogP contribution in [0, 0.1) is 12.8 Å². The first-order valence-electron chi connectivity index (χ1n) is 5.81. The number of benzene rings is 1. The van der Waals surface area contributed by atoms with Gasteiger partial charge >= 0.3 is 0 Å². The molecule has 1 unspecified atom stereocenters. The number of thioether (sulfide) groups is 1. The average Bonchev–Trinajstić information content (AvgIpc) is 2.33. The lowest BCUT2D eigenvalue weighted by molar-refractivity contribution is 0.104. The Balaban J connectivity index is 2.19. The van der Waals surface area contributed by atoms with E-state index in [0.29, 0.717) is 5.92 Å². The molecule has 0 amide bonds. The normalized spacial score (nSPS) is 19.6. The second-order valence-corrected chi connectivity index (χ2v) is 5.70. The van der Waals surface area contributed by atoms with Crippen LogP contribution in [0.3, 0.4) is 0 Å². The van der Waals surface area contributed by atoms with E-state index < -0.39 is 0 Å². The Hall–Kier alpha value is -0.670. The van der Waals surface area contributed by atoms with E-state index in [1.165, 1.54) is 0 Å². The standard InChI is InChI=1S/C13H19NOS/c1-9-3-2-4-11(12(9)14)13(15)10-5-7-16-8-6-10/h2-4,10,13,15H,5-8,14H2,1H3. The predicted octanol–water partition coefficient (Wildman–Crippen LogP) is 2.75. The molecule has 1 aromatic rings. The van der Waals surface area contributed by atoms with Gasteiger partial charge in [-0.1, -0.05) is 18.2 Å². The van der Waals surface area contributed by atoms with Crippen LogP contribution in [0.5, 0.6) is 0 Å². The van der Waals surface area contributed by atoms with Crippen molar-refractivity contribution in [3.63, 3.8) is 0 Å². The Labute approximate surface area is 101 Å². The van der Waals surface area contributed by atoms with Crippen molar-refractivity contribution >= 4 is 17.4 Å². The lowest BCUT2D eigenvalue weighted by Gasteiger charge is -2.27. The quantitative estimate of drug-likeness (QED) is 0.777. The van der Waals surface area contributed by atoms with Crippen LogP contribution in [0.2, 0.25) is 0 Å². The predicted molar refractivity (Wildman–Crippen MR) is 70.6 cm³/mol. The lowest BCUT2D eigenvalue weighted by Crippen LogP contribution is -2.19. The highest BCUT2D eigenvalue weighted by atomic mass is 32.2. The Kier molecular flexibility index (Phi) is 3.77. The molecule has 0 aromatic heterocycles. The molecule has 1 aliphatic heterocycles. The fourth-order valence-corrected chi connectivity index (χ4v) is 3.39. The Morgan fingerprint density at radius 1 is 1.38 bits per heavy atom. The largest absolute Gasteiger partial charge is 0.398 e. The molecule has 0 spiro atoms. The van der Waals surface area contributed by atoms with Crippen LogP contribution < -0.4 is 5.73 Å². The third-order valence-electron chi connectivity index (χ3n) is 3.39. The molecule has 1 heterocycles. The number of aliphatic hydroxyl groups is 1. The number of nitrogen functional groups attached to an aromatic ring is 1. The van der Waals surface area contributed by atoms with Gasteiger partial charge in [-0.25, -0.2) is 0 Å². The zero-order valence-electron chi connectivity index (χ0n) is 9.65. The highest BCUT2D eigenvalue weighted by Crippen LogP contribution is 2.36. The zero-order valence-corrected chi connectivity index (χ0v) is 10.5. The van der Waals surface area contributed by atoms with Gasteiger partial charge in [-0.2, -0.15) is 11.8 Å². The summed E-state index contributed by atoms with van der Waals surface area (Å²) in [5, 5.41) is 10.4. The molecule has 0 saturated carbocycles. The van der Waals surface area contributed by atoms with E-state index in [4.69, 9.17) is 5.73 Å². The summed E-state index contributed by atoms with van der Waals surface area (Å²) in [5.74, 6) is 2.70. The fourth-order valence-electron chi connectivity index (χ4n) is 2.25. The van der Waals surface area contributed by atoms with E-state index in [0.717, 1.165) is 41.2 Å². The van der Waals surface area contributed by atoms with E-state index in [1.54, 1.807) is 0 Å². The van der Waals surface area contributed by atoms with Gasteiger partial charge in [0.25, 0.3) is 0 Å². The maximum absolute atomic E-state index is 10.4. The Morgan fingerprint density at radius 3 is 2.75 bits per heavy atom. The highest BCUT2D eigenvalue weighted by Gasteiger charge is 2.24. The number of para-hydroxylation sites is 1. The topological polar surface area (TPSA) is 46.2 Å². The van der Waals surface area contributed by atoms with Crippen molar-refractivity contribution in [2.75, 3.05) is 17.2 Å². The van der Waals surface area contributed by atoms with Crippen molar-refractivity contribution in [2.45, 2.75) is 25.9 Å². The van der Waals surface area contributed by atoms with Crippen molar-refractivity contribution in [1.29, 1.82) is 0 Å². The molecule has 3 N–H and O–H groups in total. The SMILES string of the molecule is Cc1cccc(C(O)C2CCSCC2)c1N. The molecule has 16 heavy (non-hydrogen) atoms. The van der Waals surface area contributed by atoms with Crippen LogP contribution >= 0.6 is 11.8 Å². The van der Waals surface area contributed by atoms with Crippen LogP contribution in [0.4, 0.5) is 5.69 Å². The lowest BCUT2D eigenvalue weighted by atomic mass is 9.89. The average molecular weight is 237 g/mol. The Bertz CT molecular complexity index is 361. The van der Waals surface area contributed by atoms with Gasteiger partial charge in [-0.15, -0.1) is 0 Å². The fraction of sp³-hybridized carbons (Fsp3) is 0.538. The van der Waals surface area contributed by atoms with Gasteiger partial charge in [-0.3, -0.25) is 0 Å². The monoisotopic (exact) mass is 237 g/mol. The van der Waals surface area contributed by atoms with E-state index >= 15 is 0 Å². The van der Waals surface area contributed by atoms with Crippen molar-refractivity contribution in [3.05, 3.63) is 29.3 Å². The summed E-state index contributed by atoms with van der Waals surface area (Å²) < 4.78 is 0. The molecule has 1 aliphatic rings. The van der Waals surface area contributed by atoms with E-state index in [-0.39, 0.29) is 6.10 Å². The van der Waals surface area contributed by atoms with Crippen molar-refractivity contribution in [2.24, 2.45) is 5.92 Å². The zero-order chi connectivity index (χ0) is 11.5. The van der Waals surface area contributed by atoms with Crippen LogP contribution in [-0.2, 0) is 0 Å². The molecule has 0 bridgehead atoms. The molecule has 88 valence electrons. The Morgan fingerprint density at radius 2 is 2.06 bits per heavy atom. The molecule has 0 aliphatic carbocycles. The van der Waals surface area contributed by atoms with Gasteiger partial charge in [0, 0.05) is 11.3 Å². The van der Waals surface area contributed by atoms with Gasteiger partial charge < -0.3 is 10.8 Å². The minimum Gasteiger partial charge on any atom is -0.398 e. The summed E-state index contributed by atoms with van der Waals surface area (Å²) in [7, 11) is 0. The second-order valence-electron chi connectivity index (χ2n) is 4.47. The first-order chi connectivity index (χ1) is 7.70. The van der Waals surface area contributed by atoms with E-state index in [1.807, 2.05) is 36.9 Å². The first-order valence-corrected chi connectivity index (χ1v) is 6.96. The summed E-state index contributed by atoms with van der Waals surface area (Å²) in [4.78, 5) is 0. The smallest absolute Gasteiger partial charge is 0.0838 e. The number of rotatable bonds is 2.